The highest BCUT2D eigenvalue weighted by atomic mass is 19.1. The lowest BCUT2D eigenvalue weighted by Crippen LogP contribution is -2.47. The monoisotopic (exact) mass is 279 g/mol. The summed E-state index contributed by atoms with van der Waals surface area (Å²) in [5.74, 6) is -0.697. The van der Waals surface area contributed by atoms with Crippen LogP contribution >= 0.6 is 0 Å². The van der Waals surface area contributed by atoms with Gasteiger partial charge in [0.15, 0.2) is 0 Å². The van der Waals surface area contributed by atoms with Crippen LogP contribution in [0.2, 0.25) is 0 Å². The zero-order valence-electron chi connectivity index (χ0n) is 11.3. The Bertz CT molecular complexity index is 490. The number of fused-ring (bicyclic) bond motifs is 2. The molecule has 0 spiro atoms. The van der Waals surface area contributed by atoms with E-state index in [1.54, 1.807) is 12.1 Å². The summed E-state index contributed by atoms with van der Waals surface area (Å²) in [7, 11) is 1.41. The average molecular weight is 279 g/mol. The summed E-state index contributed by atoms with van der Waals surface area (Å²) >= 11 is 0. The maximum atomic E-state index is 12.9. The van der Waals surface area contributed by atoms with Gasteiger partial charge in [0.25, 0.3) is 0 Å². The van der Waals surface area contributed by atoms with Crippen molar-refractivity contribution in [3.63, 3.8) is 0 Å². The summed E-state index contributed by atoms with van der Waals surface area (Å²) in [4.78, 5) is 11.9. The molecule has 1 aromatic rings. The molecule has 2 fully saturated rings. The Labute approximate surface area is 117 Å². The summed E-state index contributed by atoms with van der Waals surface area (Å²) < 4.78 is 23.5. The van der Waals surface area contributed by atoms with Crippen LogP contribution in [0.4, 0.5) is 4.39 Å². The maximum absolute atomic E-state index is 12.9. The highest BCUT2D eigenvalue weighted by molar-refractivity contribution is 5.74. The minimum absolute atomic E-state index is 0.0220. The number of esters is 1. The molecule has 2 bridgehead atoms. The molecule has 4 nitrogen and oxygen atoms in total. The lowest BCUT2D eigenvalue weighted by atomic mass is 9.84. The molecule has 5 heteroatoms. The SMILES string of the molecule is COC(=O)[C@@H]1C2CCC(O2)[C@@H]1NCc1ccc(F)cc1. The summed E-state index contributed by atoms with van der Waals surface area (Å²) in [6.07, 6.45) is 1.93. The van der Waals surface area contributed by atoms with Gasteiger partial charge < -0.3 is 14.8 Å². The Morgan fingerprint density at radius 2 is 2.05 bits per heavy atom. The highest BCUT2D eigenvalue weighted by Crippen LogP contribution is 2.39. The average Bonchev–Trinajstić information content (AvgIpc) is 3.06. The Morgan fingerprint density at radius 3 is 2.75 bits per heavy atom. The molecule has 2 saturated heterocycles. The minimum atomic E-state index is -0.246. The van der Waals surface area contributed by atoms with Crippen molar-refractivity contribution in [1.29, 1.82) is 0 Å². The topological polar surface area (TPSA) is 47.6 Å². The Hall–Kier alpha value is -1.46. The van der Waals surface area contributed by atoms with E-state index in [-0.39, 0.29) is 36.0 Å². The van der Waals surface area contributed by atoms with Crippen LogP contribution in [0.1, 0.15) is 18.4 Å². The molecular formula is C15H18FNO3. The van der Waals surface area contributed by atoms with Gasteiger partial charge in [-0.3, -0.25) is 4.79 Å². The Kier molecular flexibility index (Phi) is 3.72. The van der Waals surface area contributed by atoms with Crippen molar-refractivity contribution in [1.82, 2.24) is 5.32 Å². The number of benzene rings is 1. The summed E-state index contributed by atoms with van der Waals surface area (Å²) in [6.45, 7) is 0.588. The molecule has 0 radical (unpaired) electrons. The smallest absolute Gasteiger partial charge is 0.313 e. The molecule has 1 N–H and O–H groups in total. The van der Waals surface area contributed by atoms with Crippen LogP contribution in [-0.4, -0.2) is 31.3 Å². The van der Waals surface area contributed by atoms with Gasteiger partial charge in [0, 0.05) is 12.6 Å². The van der Waals surface area contributed by atoms with E-state index in [9.17, 15) is 9.18 Å². The molecule has 3 rings (SSSR count). The summed E-state index contributed by atoms with van der Waals surface area (Å²) in [5, 5.41) is 3.37. The van der Waals surface area contributed by atoms with Crippen molar-refractivity contribution < 1.29 is 18.7 Å². The van der Waals surface area contributed by atoms with E-state index in [0.717, 1.165) is 18.4 Å². The van der Waals surface area contributed by atoms with Crippen molar-refractivity contribution >= 4 is 5.97 Å². The molecule has 20 heavy (non-hydrogen) atoms. The number of rotatable bonds is 4. The first-order valence-electron chi connectivity index (χ1n) is 6.90. The molecule has 1 aromatic carbocycles. The van der Waals surface area contributed by atoms with Gasteiger partial charge in [-0.05, 0) is 30.5 Å². The predicted octanol–water partition coefficient (Wildman–Crippen LogP) is 1.63. The van der Waals surface area contributed by atoms with Crippen molar-refractivity contribution in [2.24, 2.45) is 5.92 Å². The first-order chi connectivity index (χ1) is 9.69. The maximum Gasteiger partial charge on any atom is 0.313 e. The van der Waals surface area contributed by atoms with Crippen LogP contribution < -0.4 is 5.32 Å². The molecule has 2 aliphatic rings. The normalized spacial score (nSPS) is 31.5. The van der Waals surface area contributed by atoms with E-state index >= 15 is 0 Å². The van der Waals surface area contributed by atoms with E-state index in [0.29, 0.717) is 6.54 Å². The molecule has 0 amide bonds. The van der Waals surface area contributed by atoms with E-state index in [4.69, 9.17) is 9.47 Å². The standard InChI is InChI=1S/C15H18FNO3/c1-19-15(18)13-11-6-7-12(20-11)14(13)17-8-9-2-4-10(16)5-3-9/h2-5,11-14,17H,6-8H2,1H3/t11?,12?,13-,14+/m1/s1. The molecule has 108 valence electrons. The lowest BCUT2D eigenvalue weighted by molar-refractivity contribution is -0.147. The largest absolute Gasteiger partial charge is 0.469 e. The highest BCUT2D eigenvalue weighted by Gasteiger charge is 2.52. The molecule has 2 heterocycles. The predicted molar refractivity (Wildman–Crippen MR) is 70.4 cm³/mol. The third kappa shape index (κ3) is 2.43. The molecule has 2 unspecified atom stereocenters. The van der Waals surface area contributed by atoms with Crippen molar-refractivity contribution in [2.45, 2.75) is 37.6 Å². The van der Waals surface area contributed by atoms with Gasteiger partial charge in [-0.2, -0.15) is 0 Å². The fourth-order valence-electron chi connectivity index (χ4n) is 3.21. The number of carbonyl (C=O) groups is 1. The zero-order chi connectivity index (χ0) is 14.1. The van der Waals surface area contributed by atoms with Crippen molar-refractivity contribution in [3.05, 3.63) is 35.6 Å². The zero-order valence-corrected chi connectivity index (χ0v) is 11.3. The number of carbonyl (C=O) groups excluding carboxylic acids is 1. The van der Waals surface area contributed by atoms with Gasteiger partial charge in [-0.1, -0.05) is 12.1 Å². The van der Waals surface area contributed by atoms with Crippen molar-refractivity contribution in [2.75, 3.05) is 7.11 Å². The quantitative estimate of drug-likeness (QED) is 0.851. The minimum Gasteiger partial charge on any atom is -0.469 e. The van der Waals surface area contributed by atoms with E-state index < -0.39 is 0 Å². The van der Waals surface area contributed by atoms with Crippen LogP contribution in [0.25, 0.3) is 0 Å². The molecule has 0 aliphatic carbocycles. The number of halogens is 1. The molecule has 0 aromatic heterocycles. The van der Waals surface area contributed by atoms with Crippen LogP contribution in [0.5, 0.6) is 0 Å². The second-order valence-electron chi connectivity index (χ2n) is 5.37. The van der Waals surface area contributed by atoms with Crippen molar-refractivity contribution in [3.8, 4) is 0 Å². The van der Waals surface area contributed by atoms with E-state index in [1.165, 1.54) is 19.2 Å². The van der Waals surface area contributed by atoms with Gasteiger partial charge >= 0.3 is 5.97 Å². The number of ether oxygens (including phenoxy) is 2. The van der Waals surface area contributed by atoms with Gasteiger partial charge in [0.05, 0.1) is 19.3 Å². The summed E-state index contributed by atoms with van der Waals surface area (Å²) in [6, 6.07) is 6.33. The first-order valence-corrected chi connectivity index (χ1v) is 6.90. The Morgan fingerprint density at radius 1 is 1.35 bits per heavy atom. The van der Waals surface area contributed by atoms with Crippen LogP contribution in [-0.2, 0) is 20.8 Å². The second kappa shape index (κ2) is 5.50. The molecular weight excluding hydrogens is 261 g/mol. The van der Waals surface area contributed by atoms with Gasteiger partial charge in [-0.25, -0.2) is 4.39 Å². The molecule has 4 atom stereocenters. The third-order valence-electron chi connectivity index (χ3n) is 4.20. The Balaban J connectivity index is 1.66. The van der Waals surface area contributed by atoms with Gasteiger partial charge in [0.2, 0.25) is 0 Å². The lowest BCUT2D eigenvalue weighted by Gasteiger charge is -2.26. The van der Waals surface area contributed by atoms with E-state index in [1.807, 2.05) is 0 Å². The molecule has 2 aliphatic heterocycles. The van der Waals surface area contributed by atoms with Gasteiger partial charge in [-0.15, -0.1) is 0 Å². The first kappa shape index (κ1) is 13.5. The summed E-state index contributed by atoms with van der Waals surface area (Å²) in [5.41, 5.74) is 0.984. The third-order valence-corrected chi connectivity index (χ3v) is 4.20. The van der Waals surface area contributed by atoms with E-state index in [2.05, 4.69) is 5.32 Å². The number of nitrogens with one attached hydrogen (secondary N) is 1. The number of hydrogen-bond donors (Lipinski definition) is 1. The van der Waals surface area contributed by atoms with Crippen LogP contribution in [0, 0.1) is 11.7 Å². The van der Waals surface area contributed by atoms with Crippen LogP contribution in [0.15, 0.2) is 24.3 Å². The molecule has 0 saturated carbocycles. The van der Waals surface area contributed by atoms with Crippen LogP contribution in [0.3, 0.4) is 0 Å². The van der Waals surface area contributed by atoms with Gasteiger partial charge in [0.1, 0.15) is 11.7 Å². The fourth-order valence-corrected chi connectivity index (χ4v) is 3.21. The number of methoxy groups -OCH3 is 1. The fraction of sp³-hybridized carbons (Fsp3) is 0.533. The number of hydrogen-bond acceptors (Lipinski definition) is 4. The second-order valence-corrected chi connectivity index (χ2v) is 5.37.